The monoisotopic (exact) mass is 499 g/mol. The van der Waals surface area contributed by atoms with Gasteiger partial charge in [-0.1, -0.05) is 23.4 Å². The molecule has 37 heavy (non-hydrogen) atoms. The number of benzene rings is 3. The van der Waals surface area contributed by atoms with E-state index in [0.29, 0.717) is 40.8 Å². The number of rotatable bonds is 8. The number of hydrogen-bond acceptors (Lipinski definition) is 7. The Labute approximate surface area is 213 Å². The summed E-state index contributed by atoms with van der Waals surface area (Å²) < 4.78 is 21.6. The summed E-state index contributed by atoms with van der Waals surface area (Å²) in [5.74, 6) is 2.11. The molecule has 2 heterocycles. The number of amides is 2. The SMILES string of the molecule is Cc1noc(C)c1COc1ccc(CC(=O)Nc2cccc(NC(=O)c3ccc4c(c3)OCO4)c2)cc1. The van der Waals surface area contributed by atoms with Crippen LogP contribution in [0.25, 0.3) is 0 Å². The van der Waals surface area contributed by atoms with Crippen molar-refractivity contribution in [3.05, 3.63) is 94.9 Å². The molecular formula is C28H25N3O6. The molecular weight excluding hydrogens is 474 g/mol. The molecule has 0 spiro atoms. The normalized spacial score (nSPS) is 11.7. The standard InChI is InChI=1S/C28H25N3O6/c1-17-24(18(2)37-31-17)15-34-23-9-6-19(7-10-23)12-27(32)29-21-4-3-5-22(14-21)30-28(33)20-8-11-25-26(13-20)36-16-35-25/h3-11,13-14H,12,15-16H2,1-2H3,(H,29,32)(H,30,33). The highest BCUT2D eigenvalue weighted by atomic mass is 16.7. The Morgan fingerprint density at radius 2 is 1.68 bits per heavy atom. The summed E-state index contributed by atoms with van der Waals surface area (Å²) >= 11 is 0. The minimum atomic E-state index is -0.293. The zero-order valence-corrected chi connectivity index (χ0v) is 20.4. The Morgan fingerprint density at radius 1 is 0.919 bits per heavy atom. The summed E-state index contributed by atoms with van der Waals surface area (Å²) in [7, 11) is 0. The molecule has 1 aliphatic heterocycles. The number of nitrogens with one attached hydrogen (secondary N) is 2. The van der Waals surface area contributed by atoms with E-state index in [1.165, 1.54) is 0 Å². The number of ether oxygens (including phenoxy) is 3. The number of carbonyl (C=O) groups excluding carboxylic acids is 2. The lowest BCUT2D eigenvalue weighted by molar-refractivity contribution is -0.115. The first-order chi connectivity index (χ1) is 17.9. The maximum atomic E-state index is 12.6. The molecule has 0 saturated carbocycles. The lowest BCUT2D eigenvalue weighted by Gasteiger charge is -2.10. The molecule has 188 valence electrons. The van der Waals surface area contributed by atoms with Gasteiger partial charge in [0.2, 0.25) is 12.7 Å². The molecule has 1 aromatic heterocycles. The molecule has 1 aliphatic rings. The van der Waals surface area contributed by atoms with Crippen molar-refractivity contribution >= 4 is 23.2 Å². The van der Waals surface area contributed by atoms with Crippen molar-refractivity contribution in [1.82, 2.24) is 5.16 Å². The van der Waals surface area contributed by atoms with Gasteiger partial charge in [0.1, 0.15) is 18.1 Å². The van der Waals surface area contributed by atoms with Gasteiger partial charge in [-0.3, -0.25) is 9.59 Å². The molecule has 0 bridgehead atoms. The minimum Gasteiger partial charge on any atom is -0.489 e. The largest absolute Gasteiger partial charge is 0.489 e. The van der Waals surface area contributed by atoms with Gasteiger partial charge in [-0.2, -0.15) is 0 Å². The van der Waals surface area contributed by atoms with Crippen LogP contribution in [0.3, 0.4) is 0 Å². The molecule has 0 saturated heterocycles. The highest BCUT2D eigenvalue weighted by Crippen LogP contribution is 2.32. The third-order valence-electron chi connectivity index (χ3n) is 5.89. The fraction of sp³-hybridized carbons (Fsp3) is 0.179. The third-order valence-corrected chi connectivity index (χ3v) is 5.89. The number of aryl methyl sites for hydroxylation is 2. The molecule has 0 fully saturated rings. The predicted octanol–water partition coefficient (Wildman–Crippen LogP) is 5.03. The number of anilines is 2. The van der Waals surface area contributed by atoms with Gasteiger partial charge in [-0.15, -0.1) is 0 Å². The molecule has 3 aromatic carbocycles. The Bertz CT molecular complexity index is 1430. The first kappa shape index (κ1) is 23.9. The van der Waals surface area contributed by atoms with E-state index < -0.39 is 0 Å². The van der Waals surface area contributed by atoms with Crippen LogP contribution in [0.15, 0.2) is 71.3 Å². The molecule has 2 N–H and O–H groups in total. The van der Waals surface area contributed by atoms with E-state index in [2.05, 4.69) is 15.8 Å². The van der Waals surface area contributed by atoms with Crippen molar-refractivity contribution < 1.29 is 28.3 Å². The van der Waals surface area contributed by atoms with Crippen LogP contribution in [0.4, 0.5) is 11.4 Å². The predicted molar refractivity (Wildman–Crippen MR) is 136 cm³/mol. The van der Waals surface area contributed by atoms with E-state index in [-0.39, 0.29) is 25.0 Å². The maximum Gasteiger partial charge on any atom is 0.255 e. The molecule has 5 rings (SSSR count). The average Bonchev–Trinajstić information content (AvgIpc) is 3.49. The first-order valence-corrected chi connectivity index (χ1v) is 11.7. The number of fused-ring (bicyclic) bond motifs is 1. The van der Waals surface area contributed by atoms with Crippen LogP contribution < -0.4 is 24.8 Å². The molecule has 9 heteroatoms. The summed E-state index contributed by atoms with van der Waals surface area (Å²) in [4.78, 5) is 25.3. The lowest BCUT2D eigenvalue weighted by atomic mass is 10.1. The smallest absolute Gasteiger partial charge is 0.255 e. The Hall–Kier alpha value is -4.79. The van der Waals surface area contributed by atoms with Crippen LogP contribution >= 0.6 is 0 Å². The van der Waals surface area contributed by atoms with Gasteiger partial charge in [0.25, 0.3) is 5.91 Å². The number of carbonyl (C=O) groups is 2. The van der Waals surface area contributed by atoms with Gasteiger partial charge < -0.3 is 29.4 Å². The van der Waals surface area contributed by atoms with Crippen molar-refractivity contribution in [3.8, 4) is 17.2 Å². The first-order valence-electron chi connectivity index (χ1n) is 11.7. The van der Waals surface area contributed by atoms with Crippen LogP contribution in [-0.2, 0) is 17.8 Å². The van der Waals surface area contributed by atoms with E-state index in [4.69, 9.17) is 18.7 Å². The highest BCUT2D eigenvalue weighted by Gasteiger charge is 2.16. The van der Waals surface area contributed by atoms with E-state index >= 15 is 0 Å². The topological polar surface area (TPSA) is 112 Å². The second-order valence-electron chi connectivity index (χ2n) is 8.56. The van der Waals surface area contributed by atoms with Gasteiger partial charge in [0.15, 0.2) is 11.5 Å². The van der Waals surface area contributed by atoms with Crippen LogP contribution in [-0.4, -0.2) is 23.8 Å². The fourth-order valence-corrected chi connectivity index (χ4v) is 3.87. The second kappa shape index (κ2) is 10.4. The van der Waals surface area contributed by atoms with Crippen molar-refractivity contribution in [2.24, 2.45) is 0 Å². The quantitative estimate of drug-likeness (QED) is 0.350. The number of nitrogens with zero attached hydrogens (tertiary/aromatic N) is 1. The second-order valence-corrected chi connectivity index (χ2v) is 8.56. The van der Waals surface area contributed by atoms with Gasteiger partial charge in [-0.05, 0) is 67.9 Å². The maximum absolute atomic E-state index is 12.6. The van der Waals surface area contributed by atoms with Gasteiger partial charge in [-0.25, -0.2) is 0 Å². The number of hydrogen-bond donors (Lipinski definition) is 2. The molecule has 2 amide bonds. The molecule has 0 atom stereocenters. The molecule has 0 radical (unpaired) electrons. The van der Waals surface area contributed by atoms with E-state index in [9.17, 15) is 9.59 Å². The van der Waals surface area contributed by atoms with Gasteiger partial charge in [0.05, 0.1) is 17.7 Å². The van der Waals surface area contributed by atoms with Crippen molar-refractivity contribution in [1.29, 1.82) is 0 Å². The van der Waals surface area contributed by atoms with Crippen LogP contribution in [0.2, 0.25) is 0 Å². The molecule has 9 nitrogen and oxygen atoms in total. The van der Waals surface area contributed by atoms with E-state index in [1.807, 2.05) is 38.1 Å². The Morgan fingerprint density at radius 3 is 2.43 bits per heavy atom. The van der Waals surface area contributed by atoms with Crippen LogP contribution in [0.5, 0.6) is 17.2 Å². The average molecular weight is 500 g/mol. The van der Waals surface area contributed by atoms with Crippen molar-refractivity contribution in [2.45, 2.75) is 26.9 Å². The lowest BCUT2D eigenvalue weighted by Crippen LogP contribution is -2.15. The minimum absolute atomic E-state index is 0.142. The summed E-state index contributed by atoms with van der Waals surface area (Å²) in [5, 5.41) is 9.64. The van der Waals surface area contributed by atoms with Crippen molar-refractivity contribution in [2.75, 3.05) is 17.4 Å². The zero-order valence-electron chi connectivity index (χ0n) is 20.4. The molecule has 0 unspecified atom stereocenters. The van der Waals surface area contributed by atoms with E-state index in [1.54, 1.807) is 42.5 Å². The summed E-state index contributed by atoms with van der Waals surface area (Å²) in [6.45, 7) is 4.23. The van der Waals surface area contributed by atoms with Crippen molar-refractivity contribution in [3.63, 3.8) is 0 Å². The Kier molecular flexibility index (Phi) is 6.76. The summed E-state index contributed by atoms with van der Waals surface area (Å²) in [6.07, 6.45) is 0.192. The Balaban J connectivity index is 1.14. The van der Waals surface area contributed by atoms with E-state index in [0.717, 1.165) is 22.6 Å². The van der Waals surface area contributed by atoms with Gasteiger partial charge >= 0.3 is 0 Å². The van der Waals surface area contributed by atoms with Gasteiger partial charge in [0, 0.05) is 16.9 Å². The highest BCUT2D eigenvalue weighted by molar-refractivity contribution is 6.05. The van der Waals surface area contributed by atoms with Crippen LogP contribution in [0.1, 0.15) is 32.9 Å². The molecule has 0 aliphatic carbocycles. The van der Waals surface area contributed by atoms with Crippen LogP contribution in [0, 0.1) is 13.8 Å². The zero-order chi connectivity index (χ0) is 25.8. The fourth-order valence-electron chi connectivity index (χ4n) is 3.87. The summed E-state index contributed by atoms with van der Waals surface area (Å²) in [5.41, 5.74) is 4.15. The third kappa shape index (κ3) is 5.72. The summed E-state index contributed by atoms with van der Waals surface area (Å²) in [6, 6.07) is 19.3. The number of aromatic nitrogens is 1. The molecule has 4 aromatic rings.